The third kappa shape index (κ3) is 1.33. The van der Waals surface area contributed by atoms with Crippen LogP contribution in [0.25, 0.3) is 0 Å². The summed E-state index contributed by atoms with van der Waals surface area (Å²) in [7, 11) is 1.51. The van der Waals surface area contributed by atoms with Crippen LogP contribution in [0.1, 0.15) is 0 Å². The summed E-state index contributed by atoms with van der Waals surface area (Å²) in [6, 6.07) is 4.27. The highest BCUT2D eigenvalue weighted by molar-refractivity contribution is 6.32. The summed E-state index contributed by atoms with van der Waals surface area (Å²) in [5.74, 6) is 0.423. The van der Waals surface area contributed by atoms with Crippen LogP contribution in [-0.4, -0.2) is 7.11 Å². The molecule has 0 aliphatic carbocycles. The van der Waals surface area contributed by atoms with Gasteiger partial charge in [-0.25, -0.2) is 0 Å². The predicted molar refractivity (Wildman–Crippen MR) is 37.5 cm³/mol. The Bertz CT molecular complexity index is 235. The van der Waals surface area contributed by atoms with Gasteiger partial charge in [0.2, 0.25) is 0 Å². The van der Waals surface area contributed by atoms with Crippen LogP contribution < -0.4 is 9.84 Å². The fourth-order valence-corrected chi connectivity index (χ4v) is 0.895. The Balaban J connectivity index is 3.07. The number of hydrogen-bond acceptors (Lipinski definition) is 2. The fourth-order valence-electron chi connectivity index (χ4n) is 0.647. The van der Waals surface area contributed by atoms with Crippen molar-refractivity contribution in [2.75, 3.05) is 7.11 Å². The zero-order chi connectivity index (χ0) is 7.56. The molecule has 2 nitrogen and oxygen atoms in total. The van der Waals surface area contributed by atoms with Crippen LogP contribution in [-0.2, 0) is 0 Å². The Morgan fingerprint density at radius 1 is 1.50 bits per heavy atom. The Hall–Kier alpha value is -0.890. The molecule has 0 bridgehead atoms. The molecule has 0 heterocycles. The summed E-state index contributed by atoms with van der Waals surface area (Å²) in [6.45, 7) is 0. The summed E-state index contributed by atoms with van der Waals surface area (Å²) >= 11 is 5.60. The molecule has 0 saturated carbocycles. The molecule has 1 rings (SSSR count). The second-order valence-electron chi connectivity index (χ2n) is 1.80. The van der Waals surface area contributed by atoms with Crippen LogP contribution in [0.2, 0.25) is 5.02 Å². The quantitative estimate of drug-likeness (QED) is 0.618. The maximum absolute atomic E-state index is 10.6. The normalized spacial score (nSPS) is 9.40. The number of rotatable bonds is 1. The first-order valence-corrected chi connectivity index (χ1v) is 3.12. The van der Waals surface area contributed by atoms with Gasteiger partial charge in [-0.1, -0.05) is 17.7 Å². The van der Waals surface area contributed by atoms with Gasteiger partial charge < -0.3 is 9.84 Å². The van der Waals surface area contributed by atoms with E-state index < -0.39 is 0 Å². The van der Waals surface area contributed by atoms with Crippen molar-refractivity contribution in [1.29, 1.82) is 0 Å². The maximum Gasteiger partial charge on any atom is 0.137 e. The van der Waals surface area contributed by atoms with Crippen molar-refractivity contribution in [3.63, 3.8) is 0 Å². The lowest BCUT2D eigenvalue weighted by Crippen LogP contribution is -1.90. The van der Waals surface area contributed by atoms with E-state index in [2.05, 4.69) is 0 Å². The molecule has 0 aliphatic heterocycles. The standard InChI is InChI=1S/C7H7ClO2/c1-10-7-3-2-5(9)4-6(7)8/h2-4,9H,1H3/p-1. The van der Waals surface area contributed by atoms with Crippen LogP contribution in [0.3, 0.4) is 0 Å². The van der Waals surface area contributed by atoms with Crippen molar-refractivity contribution in [3.8, 4) is 11.5 Å². The molecular formula is C7H6ClO2-. The largest absolute Gasteiger partial charge is 0.872 e. The molecule has 0 amide bonds. The van der Waals surface area contributed by atoms with E-state index >= 15 is 0 Å². The van der Waals surface area contributed by atoms with Gasteiger partial charge >= 0.3 is 0 Å². The second-order valence-corrected chi connectivity index (χ2v) is 2.20. The minimum Gasteiger partial charge on any atom is -0.872 e. The van der Waals surface area contributed by atoms with E-state index in [0.29, 0.717) is 10.8 Å². The lowest BCUT2D eigenvalue weighted by molar-refractivity contribution is -0.268. The zero-order valence-electron chi connectivity index (χ0n) is 5.43. The van der Waals surface area contributed by atoms with E-state index in [9.17, 15) is 5.11 Å². The Morgan fingerprint density at radius 2 is 2.20 bits per heavy atom. The monoisotopic (exact) mass is 157 g/mol. The van der Waals surface area contributed by atoms with Crippen LogP contribution in [0, 0.1) is 0 Å². The van der Waals surface area contributed by atoms with Crippen LogP contribution in [0.15, 0.2) is 18.2 Å². The number of hydrogen-bond donors (Lipinski definition) is 0. The molecule has 0 atom stereocenters. The minimum absolute atomic E-state index is 0.106. The molecule has 1 aromatic carbocycles. The van der Waals surface area contributed by atoms with Crippen molar-refractivity contribution < 1.29 is 9.84 Å². The van der Waals surface area contributed by atoms with Crippen molar-refractivity contribution in [2.24, 2.45) is 0 Å². The Kier molecular flexibility index (Phi) is 2.02. The van der Waals surface area contributed by atoms with Crippen molar-refractivity contribution in [1.82, 2.24) is 0 Å². The SMILES string of the molecule is COc1ccc([O-])cc1Cl. The van der Waals surface area contributed by atoms with Crippen LogP contribution in [0.5, 0.6) is 11.5 Å². The van der Waals surface area contributed by atoms with Gasteiger partial charge in [0.15, 0.2) is 0 Å². The highest BCUT2D eigenvalue weighted by Crippen LogP contribution is 2.26. The van der Waals surface area contributed by atoms with Gasteiger partial charge in [0.05, 0.1) is 12.1 Å². The van der Waals surface area contributed by atoms with Crippen LogP contribution >= 0.6 is 11.6 Å². The first kappa shape index (κ1) is 7.22. The molecule has 0 saturated heterocycles. The molecule has 54 valence electrons. The van der Waals surface area contributed by atoms with Gasteiger partial charge in [-0.3, -0.25) is 0 Å². The first-order valence-electron chi connectivity index (χ1n) is 2.74. The zero-order valence-corrected chi connectivity index (χ0v) is 6.18. The highest BCUT2D eigenvalue weighted by Gasteiger charge is 1.95. The molecular weight excluding hydrogens is 152 g/mol. The molecule has 0 radical (unpaired) electrons. The number of halogens is 1. The van der Waals surface area contributed by atoms with Gasteiger partial charge in [0, 0.05) is 0 Å². The smallest absolute Gasteiger partial charge is 0.137 e. The van der Waals surface area contributed by atoms with Crippen molar-refractivity contribution in [2.45, 2.75) is 0 Å². The van der Waals surface area contributed by atoms with Crippen molar-refractivity contribution in [3.05, 3.63) is 23.2 Å². The van der Waals surface area contributed by atoms with E-state index in [1.807, 2.05) is 0 Å². The lowest BCUT2D eigenvalue weighted by atomic mass is 10.3. The van der Waals surface area contributed by atoms with Gasteiger partial charge in [-0.05, 0) is 12.1 Å². The second kappa shape index (κ2) is 2.80. The van der Waals surface area contributed by atoms with E-state index in [1.165, 1.54) is 19.2 Å². The molecule has 10 heavy (non-hydrogen) atoms. The topological polar surface area (TPSA) is 32.3 Å². The van der Waals surface area contributed by atoms with E-state index in [4.69, 9.17) is 16.3 Å². The number of benzene rings is 1. The van der Waals surface area contributed by atoms with E-state index in [1.54, 1.807) is 6.07 Å². The minimum atomic E-state index is -0.106. The predicted octanol–water partition coefficient (Wildman–Crippen LogP) is 1.42. The average molecular weight is 158 g/mol. The first-order chi connectivity index (χ1) is 4.74. The molecule has 0 unspecified atom stereocenters. The molecule has 0 N–H and O–H groups in total. The molecule has 0 aliphatic rings. The maximum atomic E-state index is 10.6. The number of ether oxygens (including phenoxy) is 1. The molecule has 1 aromatic rings. The van der Waals surface area contributed by atoms with E-state index in [0.717, 1.165) is 0 Å². The summed E-state index contributed by atoms with van der Waals surface area (Å²) in [6.07, 6.45) is 0. The summed E-state index contributed by atoms with van der Waals surface area (Å²) in [5, 5.41) is 11.0. The molecule has 0 fully saturated rings. The van der Waals surface area contributed by atoms with Crippen molar-refractivity contribution >= 4 is 11.6 Å². The number of methoxy groups -OCH3 is 1. The third-order valence-corrected chi connectivity index (χ3v) is 1.42. The van der Waals surface area contributed by atoms with Gasteiger partial charge in [-0.15, -0.1) is 5.75 Å². The lowest BCUT2D eigenvalue weighted by Gasteiger charge is -2.07. The van der Waals surface area contributed by atoms with Crippen LogP contribution in [0.4, 0.5) is 0 Å². The molecule has 3 heteroatoms. The highest BCUT2D eigenvalue weighted by atomic mass is 35.5. The Morgan fingerprint density at radius 3 is 2.70 bits per heavy atom. The average Bonchev–Trinajstić information content (AvgIpc) is 1.88. The summed E-state index contributed by atoms with van der Waals surface area (Å²) in [4.78, 5) is 0. The molecule has 0 spiro atoms. The Labute approximate surface area is 64.0 Å². The van der Waals surface area contributed by atoms with Gasteiger partial charge in [0.25, 0.3) is 0 Å². The third-order valence-electron chi connectivity index (χ3n) is 1.12. The fraction of sp³-hybridized carbons (Fsp3) is 0.143. The van der Waals surface area contributed by atoms with Gasteiger partial charge in [0.1, 0.15) is 5.75 Å². The van der Waals surface area contributed by atoms with Gasteiger partial charge in [-0.2, -0.15) is 0 Å². The summed E-state index contributed by atoms with van der Waals surface area (Å²) < 4.78 is 4.83. The van der Waals surface area contributed by atoms with E-state index in [-0.39, 0.29) is 5.75 Å². The molecule has 0 aromatic heterocycles. The summed E-state index contributed by atoms with van der Waals surface area (Å²) in [5.41, 5.74) is 0.